The quantitative estimate of drug-likeness (QED) is 0.605. The van der Waals surface area contributed by atoms with Crippen LogP contribution in [0.25, 0.3) is 11.3 Å². The highest BCUT2D eigenvalue weighted by molar-refractivity contribution is 5.69. The van der Waals surface area contributed by atoms with Crippen molar-refractivity contribution < 1.29 is 18.3 Å². The fourth-order valence-electron chi connectivity index (χ4n) is 2.38. The molecule has 25 heavy (non-hydrogen) atoms. The number of carbonyl (C=O) groups excluding carboxylic acids is 1. The van der Waals surface area contributed by atoms with E-state index >= 15 is 0 Å². The maximum absolute atomic E-state index is 12.9. The summed E-state index contributed by atoms with van der Waals surface area (Å²) < 4.78 is 23.7. The van der Waals surface area contributed by atoms with E-state index in [1.54, 1.807) is 18.3 Å². The Morgan fingerprint density at radius 2 is 1.80 bits per heavy atom. The summed E-state index contributed by atoms with van der Waals surface area (Å²) in [6.45, 7) is 0.356. The molecule has 0 spiro atoms. The van der Waals surface area contributed by atoms with E-state index in [0.717, 1.165) is 11.1 Å². The summed E-state index contributed by atoms with van der Waals surface area (Å²) in [7, 11) is 0. The van der Waals surface area contributed by atoms with Gasteiger partial charge in [-0.05, 0) is 29.8 Å². The predicted octanol–water partition coefficient (Wildman–Crippen LogP) is 4.20. The van der Waals surface area contributed by atoms with E-state index in [1.165, 1.54) is 12.1 Å². The number of esters is 1. The number of hydrogen-bond acceptors (Lipinski definition) is 4. The molecule has 0 radical (unpaired) electrons. The number of oxazole rings is 1. The van der Waals surface area contributed by atoms with Crippen molar-refractivity contribution in [1.29, 1.82) is 0 Å². The van der Waals surface area contributed by atoms with Crippen LogP contribution in [0.3, 0.4) is 0 Å². The SMILES string of the molecule is O=C(CCc1ncc(-c2ccc(F)cc2)o1)OCCc1ccccc1. The van der Waals surface area contributed by atoms with Crippen molar-refractivity contribution in [3.63, 3.8) is 0 Å². The number of nitrogens with zero attached hydrogens (tertiary/aromatic N) is 1. The lowest BCUT2D eigenvalue weighted by Crippen LogP contribution is -2.08. The number of aryl methyl sites for hydroxylation is 1. The van der Waals surface area contributed by atoms with Gasteiger partial charge in [-0.1, -0.05) is 30.3 Å². The molecule has 5 heteroatoms. The van der Waals surface area contributed by atoms with Gasteiger partial charge in [0.25, 0.3) is 0 Å². The topological polar surface area (TPSA) is 52.3 Å². The van der Waals surface area contributed by atoms with Crippen LogP contribution in [0.2, 0.25) is 0 Å². The molecule has 0 aliphatic heterocycles. The van der Waals surface area contributed by atoms with Crippen LogP contribution in [0.4, 0.5) is 4.39 Å². The largest absolute Gasteiger partial charge is 0.465 e. The second-order valence-corrected chi connectivity index (χ2v) is 5.58. The fourth-order valence-corrected chi connectivity index (χ4v) is 2.38. The number of benzene rings is 2. The molecule has 0 amide bonds. The van der Waals surface area contributed by atoms with Crippen LogP contribution >= 0.6 is 0 Å². The normalized spacial score (nSPS) is 10.6. The van der Waals surface area contributed by atoms with Crippen LogP contribution in [-0.2, 0) is 22.4 Å². The zero-order valence-electron chi connectivity index (χ0n) is 13.7. The Morgan fingerprint density at radius 1 is 1.04 bits per heavy atom. The van der Waals surface area contributed by atoms with Gasteiger partial charge in [-0.3, -0.25) is 4.79 Å². The second-order valence-electron chi connectivity index (χ2n) is 5.58. The molecule has 0 saturated carbocycles. The molecule has 0 aliphatic rings. The van der Waals surface area contributed by atoms with Crippen molar-refractivity contribution in [2.45, 2.75) is 19.3 Å². The highest BCUT2D eigenvalue weighted by Gasteiger charge is 2.10. The molecule has 3 aromatic rings. The number of ether oxygens (including phenoxy) is 1. The summed E-state index contributed by atoms with van der Waals surface area (Å²) >= 11 is 0. The van der Waals surface area contributed by atoms with Gasteiger partial charge in [-0.2, -0.15) is 0 Å². The first-order chi connectivity index (χ1) is 12.2. The molecule has 1 aromatic heterocycles. The highest BCUT2D eigenvalue weighted by Crippen LogP contribution is 2.21. The highest BCUT2D eigenvalue weighted by atomic mass is 19.1. The number of hydrogen-bond donors (Lipinski definition) is 0. The van der Waals surface area contributed by atoms with E-state index in [-0.39, 0.29) is 18.2 Å². The molecule has 3 rings (SSSR count). The Hall–Kier alpha value is -2.95. The number of halogens is 1. The first-order valence-corrected chi connectivity index (χ1v) is 8.11. The minimum Gasteiger partial charge on any atom is -0.465 e. The van der Waals surface area contributed by atoms with E-state index in [0.29, 0.717) is 31.1 Å². The van der Waals surface area contributed by atoms with Crippen molar-refractivity contribution in [3.8, 4) is 11.3 Å². The monoisotopic (exact) mass is 339 g/mol. The summed E-state index contributed by atoms with van der Waals surface area (Å²) in [6, 6.07) is 15.8. The summed E-state index contributed by atoms with van der Waals surface area (Å²) in [5, 5.41) is 0. The van der Waals surface area contributed by atoms with Crippen LogP contribution in [0.5, 0.6) is 0 Å². The van der Waals surface area contributed by atoms with E-state index in [2.05, 4.69) is 4.98 Å². The van der Waals surface area contributed by atoms with Gasteiger partial charge in [0.2, 0.25) is 0 Å². The van der Waals surface area contributed by atoms with Gasteiger partial charge in [-0.15, -0.1) is 0 Å². The molecule has 128 valence electrons. The number of rotatable bonds is 7. The van der Waals surface area contributed by atoms with Crippen LogP contribution in [0, 0.1) is 5.82 Å². The Labute approximate surface area is 145 Å². The van der Waals surface area contributed by atoms with Crippen molar-refractivity contribution in [3.05, 3.63) is 78.1 Å². The molecular formula is C20H18FNO3. The van der Waals surface area contributed by atoms with Crippen molar-refractivity contribution in [2.75, 3.05) is 6.61 Å². The third kappa shape index (κ3) is 5.01. The zero-order chi connectivity index (χ0) is 17.5. The van der Waals surface area contributed by atoms with E-state index in [4.69, 9.17) is 9.15 Å². The summed E-state index contributed by atoms with van der Waals surface area (Å²) in [5.41, 5.74) is 1.87. The van der Waals surface area contributed by atoms with Gasteiger partial charge in [0.1, 0.15) is 5.82 Å². The first kappa shape index (κ1) is 16.9. The average Bonchev–Trinajstić information content (AvgIpc) is 3.10. The van der Waals surface area contributed by atoms with Crippen molar-refractivity contribution in [2.24, 2.45) is 0 Å². The van der Waals surface area contributed by atoms with Gasteiger partial charge in [0.15, 0.2) is 11.7 Å². The summed E-state index contributed by atoms with van der Waals surface area (Å²) in [5.74, 6) is 0.422. The van der Waals surface area contributed by atoms with Gasteiger partial charge < -0.3 is 9.15 Å². The van der Waals surface area contributed by atoms with Crippen LogP contribution in [0.15, 0.2) is 65.2 Å². The molecule has 0 atom stereocenters. The maximum atomic E-state index is 12.9. The zero-order valence-corrected chi connectivity index (χ0v) is 13.7. The van der Waals surface area contributed by atoms with Crippen LogP contribution in [0.1, 0.15) is 17.9 Å². The molecule has 0 fully saturated rings. The van der Waals surface area contributed by atoms with E-state index in [9.17, 15) is 9.18 Å². The first-order valence-electron chi connectivity index (χ1n) is 8.11. The summed E-state index contributed by atoms with van der Waals surface area (Å²) in [4.78, 5) is 15.9. The van der Waals surface area contributed by atoms with E-state index in [1.807, 2.05) is 30.3 Å². The average molecular weight is 339 g/mol. The maximum Gasteiger partial charge on any atom is 0.306 e. The smallest absolute Gasteiger partial charge is 0.306 e. The molecular weight excluding hydrogens is 321 g/mol. The lowest BCUT2D eigenvalue weighted by molar-refractivity contribution is -0.143. The second kappa shape index (κ2) is 8.24. The molecule has 2 aromatic carbocycles. The van der Waals surface area contributed by atoms with Gasteiger partial charge >= 0.3 is 5.97 Å². The van der Waals surface area contributed by atoms with Crippen LogP contribution < -0.4 is 0 Å². The third-order valence-electron chi connectivity index (χ3n) is 3.72. The summed E-state index contributed by atoms with van der Waals surface area (Å²) in [6.07, 6.45) is 2.84. The van der Waals surface area contributed by atoms with Crippen molar-refractivity contribution >= 4 is 5.97 Å². The number of aromatic nitrogens is 1. The van der Waals surface area contributed by atoms with Gasteiger partial charge in [-0.25, -0.2) is 9.37 Å². The Kier molecular flexibility index (Phi) is 5.57. The molecule has 1 heterocycles. The Balaban J connectivity index is 1.44. The van der Waals surface area contributed by atoms with Crippen molar-refractivity contribution in [1.82, 2.24) is 4.98 Å². The minimum atomic E-state index is -0.304. The standard InChI is InChI=1S/C20H18FNO3/c21-17-8-6-16(7-9-17)18-14-22-19(25-18)10-11-20(23)24-13-12-15-4-2-1-3-5-15/h1-9,14H,10-13H2. The van der Waals surface area contributed by atoms with E-state index < -0.39 is 0 Å². The lowest BCUT2D eigenvalue weighted by atomic mass is 10.2. The lowest BCUT2D eigenvalue weighted by Gasteiger charge is -2.04. The molecule has 4 nitrogen and oxygen atoms in total. The molecule has 0 saturated heterocycles. The Morgan fingerprint density at radius 3 is 2.56 bits per heavy atom. The number of carbonyl (C=O) groups is 1. The molecule has 0 aliphatic carbocycles. The fraction of sp³-hybridized carbons (Fsp3) is 0.200. The third-order valence-corrected chi connectivity index (χ3v) is 3.72. The van der Waals surface area contributed by atoms with Gasteiger partial charge in [0.05, 0.1) is 19.2 Å². The molecule has 0 bridgehead atoms. The van der Waals surface area contributed by atoms with Crippen LogP contribution in [-0.4, -0.2) is 17.6 Å². The molecule has 0 unspecified atom stereocenters. The predicted molar refractivity (Wildman–Crippen MR) is 91.3 cm³/mol. The van der Waals surface area contributed by atoms with Gasteiger partial charge in [0, 0.05) is 18.4 Å². The minimum absolute atomic E-state index is 0.207. The Bertz CT molecular complexity index is 812. The molecule has 0 N–H and O–H groups in total.